The van der Waals surface area contributed by atoms with Crippen LogP contribution in [0, 0.1) is 0 Å². The first-order valence-corrected chi connectivity index (χ1v) is 7.31. The molecule has 2 N–H and O–H groups in total. The molecular weight excluding hydrogens is 282 g/mol. The van der Waals surface area contributed by atoms with Gasteiger partial charge in [0.2, 0.25) is 0 Å². The predicted octanol–water partition coefficient (Wildman–Crippen LogP) is 0.729. The number of hydrogen-bond donors (Lipinski definition) is 1. The zero-order chi connectivity index (χ0) is 15.5. The molecular formula is C15H21N5O2. The highest BCUT2D eigenvalue weighted by Gasteiger charge is 2.13. The molecule has 0 radical (unpaired) electrons. The summed E-state index contributed by atoms with van der Waals surface area (Å²) in [4.78, 5) is 11.1. The van der Waals surface area contributed by atoms with E-state index in [1.807, 2.05) is 34.7 Å². The monoisotopic (exact) mass is 303 g/mol. The highest BCUT2D eigenvalue weighted by molar-refractivity contribution is 5.79. The van der Waals surface area contributed by atoms with E-state index in [0.717, 1.165) is 35.7 Å². The first-order valence-electron chi connectivity index (χ1n) is 7.31. The molecule has 7 heteroatoms. The van der Waals surface area contributed by atoms with Gasteiger partial charge in [-0.05, 0) is 12.1 Å². The van der Waals surface area contributed by atoms with Crippen molar-refractivity contribution in [2.75, 3.05) is 33.4 Å². The molecule has 118 valence electrons. The smallest absolute Gasteiger partial charge is 0.191 e. The molecule has 1 fully saturated rings. The number of guanidine groups is 1. The van der Waals surface area contributed by atoms with Crippen molar-refractivity contribution in [3.63, 3.8) is 0 Å². The molecule has 0 spiro atoms. The summed E-state index contributed by atoms with van der Waals surface area (Å²) >= 11 is 0. The molecule has 22 heavy (non-hydrogen) atoms. The molecule has 1 aromatic carbocycles. The fourth-order valence-electron chi connectivity index (χ4n) is 2.54. The first-order chi connectivity index (χ1) is 10.7. The van der Waals surface area contributed by atoms with Crippen LogP contribution in [0.5, 0.6) is 5.75 Å². The molecule has 0 saturated carbocycles. The van der Waals surface area contributed by atoms with Gasteiger partial charge in [-0.3, -0.25) is 0 Å². The molecule has 0 amide bonds. The van der Waals surface area contributed by atoms with E-state index in [1.165, 1.54) is 0 Å². The number of fused-ring (bicyclic) bond motifs is 1. The number of ether oxygens (including phenoxy) is 2. The van der Waals surface area contributed by atoms with E-state index in [0.29, 0.717) is 25.7 Å². The topological polar surface area (TPSA) is 77.9 Å². The maximum Gasteiger partial charge on any atom is 0.191 e. The van der Waals surface area contributed by atoms with Gasteiger partial charge in [0.05, 0.1) is 31.4 Å². The minimum Gasteiger partial charge on any atom is -0.497 e. The number of rotatable bonds is 3. The lowest BCUT2D eigenvalue weighted by molar-refractivity contribution is 0.0674. The van der Waals surface area contributed by atoms with Gasteiger partial charge in [0.15, 0.2) is 5.96 Å². The van der Waals surface area contributed by atoms with Crippen LogP contribution in [-0.2, 0) is 18.3 Å². The highest BCUT2D eigenvalue weighted by Crippen LogP contribution is 2.21. The molecule has 0 aliphatic carbocycles. The summed E-state index contributed by atoms with van der Waals surface area (Å²) in [6, 6.07) is 5.85. The standard InChI is InChI=1S/C15H21N5O2/c1-19-13-4-3-11(21-2)9-12(13)18-14(19)10-17-15(16)20-5-7-22-8-6-20/h3-4,9H,5-8,10H2,1-2H3,(H2,16,17). The normalized spacial score (nSPS) is 16.3. The van der Waals surface area contributed by atoms with Gasteiger partial charge in [-0.25, -0.2) is 9.98 Å². The van der Waals surface area contributed by atoms with Crippen LogP contribution in [0.25, 0.3) is 11.0 Å². The predicted molar refractivity (Wildman–Crippen MR) is 85.0 cm³/mol. The second-order valence-electron chi connectivity index (χ2n) is 5.22. The zero-order valence-corrected chi connectivity index (χ0v) is 13.0. The number of morpholine rings is 1. The Balaban J connectivity index is 1.79. The van der Waals surface area contributed by atoms with Crippen LogP contribution in [0.3, 0.4) is 0 Å². The molecule has 1 aliphatic heterocycles. The molecule has 1 aliphatic rings. The van der Waals surface area contributed by atoms with E-state index in [-0.39, 0.29) is 0 Å². The number of nitrogens with two attached hydrogens (primary N) is 1. The van der Waals surface area contributed by atoms with Crippen molar-refractivity contribution >= 4 is 17.0 Å². The SMILES string of the molecule is COc1ccc2c(c1)nc(CN=C(N)N1CCOCC1)n2C. The van der Waals surface area contributed by atoms with Gasteiger partial charge in [0.1, 0.15) is 18.1 Å². The molecule has 2 heterocycles. The number of aliphatic imine (C=N–C) groups is 1. The van der Waals surface area contributed by atoms with E-state index < -0.39 is 0 Å². The minimum atomic E-state index is 0.455. The maximum absolute atomic E-state index is 6.05. The Kier molecular flexibility index (Phi) is 4.15. The quantitative estimate of drug-likeness (QED) is 0.668. The van der Waals surface area contributed by atoms with Crippen molar-refractivity contribution in [3.8, 4) is 5.75 Å². The van der Waals surface area contributed by atoms with Gasteiger partial charge in [-0.2, -0.15) is 0 Å². The maximum atomic E-state index is 6.05. The van der Waals surface area contributed by atoms with Crippen LogP contribution in [0.1, 0.15) is 5.82 Å². The van der Waals surface area contributed by atoms with Gasteiger partial charge in [-0.1, -0.05) is 0 Å². The minimum absolute atomic E-state index is 0.455. The van der Waals surface area contributed by atoms with Crippen LogP contribution in [-0.4, -0.2) is 53.8 Å². The lowest BCUT2D eigenvalue weighted by Crippen LogP contribution is -2.44. The lowest BCUT2D eigenvalue weighted by Gasteiger charge is -2.27. The Hall–Kier alpha value is -2.28. The summed E-state index contributed by atoms with van der Waals surface area (Å²) in [5, 5.41) is 0. The zero-order valence-electron chi connectivity index (χ0n) is 13.0. The van der Waals surface area contributed by atoms with Gasteiger partial charge >= 0.3 is 0 Å². The number of nitrogens with zero attached hydrogens (tertiary/aromatic N) is 4. The van der Waals surface area contributed by atoms with Gasteiger partial charge in [0.25, 0.3) is 0 Å². The third-order valence-electron chi connectivity index (χ3n) is 3.90. The Morgan fingerprint density at radius 2 is 2.18 bits per heavy atom. The van der Waals surface area contributed by atoms with Gasteiger partial charge in [-0.15, -0.1) is 0 Å². The van der Waals surface area contributed by atoms with E-state index in [2.05, 4.69) is 9.98 Å². The fraction of sp³-hybridized carbons (Fsp3) is 0.467. The molecule has 2 aromatic rings. The summed E-state index contributed by atoms with van der Waals surface area (Å²) in [6.45, 7) is 3.42. The number of benzene rings is 1. The number of methoxy groups -OCH3 is 1. The Bertz CT molecular complexity index is 689. The van der Waals surface area contributed by atoms with Gasteiger partial charge in [0, 0.05) is 26.2 Å². The summed E-state index contributed by atoms with van der Waals surface area (Å²) in [5.41, 5.74) is 8.00. The van der Waals surface area contributed by atoms with E-state index in [4.69, 9.17) is 15.2 Å². The van der Waals surface area contributed by atoms with Crippen LogP contribution in [0.2, 0.25) is 0 Å². The van der Waals surface area contributed by atoms with Gasteiger partial charge < -0.3 is 24.7 Å². The van der Waals surface area contributed by atoms with Crippen LogP contribution in [0.15, 0.2) is 23.2 Å². The third-order valence-corrected chi connectivity index (χ3v) is 3.90. The van der Waals surface area contributed by atoms with Crippen molar-refractivity contribution in [1.29, 1.82) is 0 Å². The Labute approximate surface area is 129 Å². The Morgan fingerprint density at radius 3 is 2.91 bits per heavy atom. The Morgan fingerprint density at radius 1 is 1.41 bits per heavy atom. The fourth-order valence-corrected chi connectivity index (χ4v) is 2.54. The van der Waals surface area contributed by atoms with Crippen LogP contribution in [0.4, 0.5) is 0 Å². The van der Waals surface area contributed by atoms with Crippen molar-refractivity contribution in [3.05, 3.63) is 24.0 Å². The van der Waals surface area contributed by atoms with Crippen molar-refractivity contribution in [1.82, 2.24) is 14.5 Å². The molecule has 3 rings (SSSR count). The van der Waals surface area contributed by atoms with E-state index in [1.54, 1.807) is 7.11 Å². The van der Waals surface area contributed by atoms with Crippen LogP contribution >= 0.6 is 0 Å². The molecule has 1 aromatic heterocycles. The third kappa shape index (κ3) is 2.85. The summed E-state index contributed by atoms with van der Waals surface area (Å²) in [5.74, 6) is 2.22. The second-order valence-corrected chi connectivity index (χ2v) is 5.22. The van der Waals surface area contributed by atoms with Crippen molar-refractivity contribution in [2.45, 2.75) is 6.54 Å². The van der Waals surface area contributed by atoms with Crippen LogP contribution < -0.4 is 10.5 Å². The average Bonchev–Trinajstić information content (AvgIpc) is 2.89. The van der Waals surface area contributed by atoms with Crippen molar-refractivity contribution < 1.29 is 9.47 Å². The summed E-state index contributed by atoms with van der Waals surface area (Å²) in [7, 11) is 3.63. The largest absolute Gasteiger partial charge is 0.497 e. The number of imidazole rings is 1. The number of hydrogen-bond acceptors (Lipinski definition) is 4. The molecule has 1 saturated heterocycles. The van der Waals surface area contributed by atoms with E-state index >= 15 is 0 Å². The number of aromatic nitrogens is 2. The average molecular weight is 303 g/mol. The molecule has 0 unspecified atom stereocenters. The number of aryl methyl sites for hydroxylation is 1. The molecule has 0 atom stereocenters. The second kappa shape index (κ2) is 6.23. The summed E-state index contributed by atoms with van der Waals surface area (Å²) in [6.07, 6.45) is 0. The first kappa shape index (κ1) is 14.6. The van der Waals surface area contributed by atoms with Crippen molar-refractivity contribution in [2.24, 2.45) is 17.8 Å². The lowest BCUT2D eigenvalue weighted by atomic mass is 10.3. The molecule has 7 nitrogen and oxygen atoms in total. The van der Waals surface area contributed by atoms with E-state index in [9.17, 15) is 0 Å². The summed E-state index contributed by atoms with van der Waals surface area (Å²) < 4.78 is 12.6. The molecule has 0 bridgehead atoms. The highest BCUT2D eigenvalue weighted by atomic mass is 16.5.